The number of benzene rings is 2. The van der Waals surface area contributed by atoms with Crippen LogP contribution in [0.2, 0.25) is 0 Å². The molecule has 2 aromatic rings. The van der Waals surface area contributed by atoms with Gasteiger partial charge in [0.15, 0.2) is 0 Å². The average molecular weight is 309 g/mol. The van der Waals surface area contributed by atoms with Crippen LogP contribution in [0.3, 0.4) is 0 Å². The predicted octanol–water partition coefficient (Wildman–Crippen LogP) is 2.85. The summed E-state index contributed by atoms with van der Waals surface area (Å²) in [6.45, 7) is 2.30. The van der Waals surface area contributed by atoms with Crippen molar-refractivity contribution in [2.75, 3.05) is 13.7 Å². The summed E-state index contributed by atoms with van der Waals surface area (Å²) in [5.74, 6) is -0.479. The second-order valence-corrected chi connectivity index (χ2v) is 5.81. The highest BCUT2D eigenvalue weighted by Crippen LogP contribution is 2.23. The number of imide groups is 1. The molecule has 0 bridgehead atoms. The first-order chi connectivity index (χ1) is 11.1. The van der Waals surface area contributed by atoms with E-state index in [0.717, 1.165) is 5.56 Å². The van der Waals surface area contributed by atoms with Crippen LogP contribution in [-0.4, -0.2) is 36.5 Å². The van der Waals surface area contributed by atoms with Gasteiger partial charge in [-0.3, -0.25) is 14.5 Å². The maximum Gasteiger partial charge on any atom is 0.261 e. The zero-order valence-electron chi connectivity index (χ0n) is 13.3. The van der Waals surface area contributed by atoms with E-state index in [-0.39, 0.29) is 24.5 Å². The Balaban J connectivity index is 1.74. The van der Waals surface area contributed by atoms with Gasteiger partial charge in [0.1, 0.15) is 0 Å². The Kier molecular flexibility index (Phi) is 4.26. The van der Waals surface area contributed by atoms with E-state index in [1.165, 1.54) is 10.5 Å². The minimum atomic E-state index is -0.239. The van der Waals surface area contributed by atoms with Crippen molar-refractivity contribution in [3.8, 4) is 0 Å². The lowest BCUT2D eigenvalue weighted by molar-refractivity contribution is 0.0442. The molecule has 0 N–H and O–H groups in total. The quantitative estimate of drug-likeness (QED) is 0.798. The first kappa shape index (κ1) is 15.4. The summed E-state index contributed by atoms with van der Waals surface area (Å²) in [6, 6.07) is 15.1. The fourth-order valence-corrected chi connectivity index (χ4v) is 2.82. The van der Waals surface area contributed by atoms with E-state index >= 15 is 0 Å². The lowest BCUT2D eigenvalue weighted by Crippen LogP contribution is -2.38. The Morgan fingerprint density at radius 1 is 0.957 bits per heavy atom. The van der Waals surface area contributed by atoms with Crippen LogP contribution >= 0.6 is 0 Å². The number of fused-ring (bicyclic) bond motifs is 1. The Hall–Kier alpha value is -2.46. The van der Waals surface area contributed by atoms with Gasteiger partial charge >= 0.3 is 0 Å². The van der Waals surface area contributed by atoms with Crippen molar-refractivity contribution in [1.82, 2.24) is 4.90 Å². The largest absolute Gasteiger partial charge is 0.379 e. The van der Waals surface area contributed by atoms with E-state index in [1.807, 2.05) is 31.2 Å². The normalized spacial score (nSPS) is 15.0. The molecule has 2 amide bonds. The van der Waals surface area contributed by atoms with Crippen LogP contribution in [0, 0.1) is 6.92 Å². The summed E-state index contributed by atoms with van der Waals surface area (Å²) in [6.07, 6.45) is 0.435. The number of carbonyl (C=O) groups is 2. The number of rotatable bonds is 5. The lowest BCUT2D eigenvalue weighted by atomic mass is 10.1. The van der Waals surface area contributed by atoms with Crippen molar-refractivity contribution in [1.29, 1.82) is 0 Å². The van der Waals surface area contributed by atoms with E-state index in [1.54, 1.807) is 31.4 Å². The van der Waals surface area contributed by atoms with E-state index in [4.69, 9.17) is 4.74 Å². The molecule has 1 atom stereocenters. The van der Waals surface area contributed by atoms with Crippen molar-refractivity contribution < 1.29 is 14.3 Å². The van der Waals surface area contributed by atoms with Crippen LogP contribution in [0.25, 0.3) is 0 Å². The number of amides is 2. The summed E-state index contributed by atoms with van der Waals surface area (Å²) in [5.41, 5.74) is 3.27. The van der Waals surface area contributed by atoms with Gasteiger partial charge in [-0.1, -0.05) is 42.0 Å². The van der Waals surface area contributed by atoms with Crippen LogP contribution in [0.4, 0.5) is 0 Å². The molecule has 0 saturated heterocycles. The molecule has 4 nitrogen and oxygen atoms in total. The van der Waals surface area contributed by atoms with Gasteiger partial charge in [-0.25, -0.2) is 0 Å². The molecule has 0 radical (unpaired) electrons. The molecule has 0 aliphatic carbocycles. The molecule has 0 aromatic heterocycles. The number of carbonyl (C=O) groups excluding carboxylic acids is 2. The minimum Gasteiger partial charge on any atom is -0.379 e. The minimum absolute atomic E-state index is 0.222. The fourth-order valence-electron chi connectivity index (χ4n) is 2.82. The van der Waals surface area contributed by atoms with Gasteiger partial charge in [-0.05, 0) is 24.6 Å². The second kappa shape index (κ2) is 6.34. The molecule has 1 heterocycles. The van der Waals surface area contributed by atoms with Crippen LogP contribution in [0.1, 0.15) is 31.8 Å². The summed E-state index contributed by atoms with van der Waals surface area (Å²) < 4.78 is 5.50. The average Bonchev–Trinajstić information content (AvgIpc) is 2.81. The van der Waals surface area contributed by atoms with Crippen molar-refractivity contribution >= 4 is 11.8 Å². The third-order valence-electron chi connectivity index (χ3n) is 4.18. The molecule has 118 valence electrons. The molecule has 3 rings (SSSR count). The van der Waals surface area contributed by atoms with E-state index in [9.17, 15) is 9.59 Å². The summed E-state index contributed by atoms with van der Waals surface area (Å²) in [5, 5.41) is 0. The van der Waals surface area contributed by atoms with Crippen LogP contribution in [0.15, 0.2) is 48.5 Å². The monoisotopic (exact) mass is 309 g/mol. The Morgan fingerprint density at radius 3 is 2.04 bits per heavy atom. The standard InChI is InChI=1S/C19H19NO3/c1-13-7-9-14(10-8-13)11-15(23-2)12-20-18(21)16-5-3-4-6-17(16)19(20)22/h3-10,15H,11-12H2,1-2H3/t15-/m0/s1. The van der Waals surface area contributed by atoms with Crippen molar-refractivity contribution in [2.45, 2.75) is 19.4 Å². The third-order valence-corrected chi connectivity index (χ3v) is 4.18. The number of nitrogens with zero attached hydrogens (tertiary/aromatic N) is 1. The Labute approximate surface area is 135 Å². The lowest BCUT2D eigenvalue weighted by Gasteiger charge is -2.21. The molecule has 0 unspecified atom stereocenters. The molecule has 23 heavy (non-hydrogen) atoms. The van der Waals surface area contributed by atoms with E-state index in [0.29, 0.717) is 17.5 Å². The highest BCUT2D eigenvalue weighted by molar-refractivity contribution is 6.21. The first-order valence-corrected chi connectivity index (χ1v) is 7.63. The first-order valence-electron chi connectivity index (χ1n) is 7.63. The molecule has 1 aliphatic heterocycles. The van der Waals surface area contributed by atoms with E-state index < -0.39 is 0 Å². The molecule has 0 fully saturated rings. The third kappa shape index (κ3) is 3.03. The number of ether oxygens (including phenoxy) is 1. The van der Waals surface area contributed by atoms with E-state index in [2.05, 4.69) is 0 Å². The SMILES string of the molecule is CO[C@@H](Cc1ccc(C)cc1)CN1C(=O)c2ccccc2C1=O. The number of hydrogen-bond donors (Lipinski definition) is 0. The summed E-state index contributed by atoms with van der Waals surface area (Å²) in [4.78, 5) is 26.1. The predicted molar refractivity (Wildman–Crippen MR) is 87.5 cm³/mol. The van der Waals surface area contributed by atoms with Crippen molar-refractivity contribution in [3.05, 3.63) is 70.8 Å². The molecule has 2 aromatic carbocycles. The zero-order valence-corrected chi connectivity index (χ0v) is 13.3. The van der Waals surface area contributed by atoms with Crippen LogP contribution < -0.4 is 0 Å². The van der Waals surface area contributed by atoms with Gasteiger partial charge in [0.25, 0.3) is 11.8 Å². The second-order valence-electron chi connectivity index (χ2n) is 5.81. The zero-order chi connectivity index (χ0) is 16.4. The van der Waals surface area contributed by atoms with Crippen LogP contribution in [0.5, 0.6) is 0 Å². The Bertz CT molecular complexity index is 702. The molecule has 4 heteroatoms. The molecular weight excluding hydrogens is 290 g/mol. The topological polar surface area (TPSA) is 46.6 Å². The maximum absolute atomic E-state index is 12.4. The maximum atomic E-state index is 12.4. The molecule has 0 spiro atoms. The highest BCUT2D eigenvalue weighted by Gasteiger charge is 2.36. The highest BCUT2D eigenvalue weighted by atomic mass is 16.5. The molecule has 1 aliphatic rings. The van der Waals surface area contributed by atoms with Gasteiger partial charge in [-0.15, -0.1) is 0 Å². The fraction of sp³-hybridized carbons (Fsp3) is 0.263. The van der Waals surface area contributed by atoms with Crippen molar-refractivity contribution in [3.63, 3.8) is 0 Å². The van der Waals surface area contributed by atoms with Crippen LogP contribution in [-0.2, 0) is 11.2 Å². The number of hydrogen-bond acceptors (Lipinski definition) is 3. The van der Waals surface area contributed by atoms with Gasteiger partial charge in [0.2, 0.25) is 0 Å². The molecular formula is C19H19NO3. The van der Waals surface area contributed by atoms with Crippen molar-refractivity contribution in [2.24, 2.45) is 0 Å². The van der Waals surface area contributed by atoms with Gasteiger partial charge in [0, 0.05) is 13.5 Å². The van der Waals surface area contributed by atoms with Gasteiger partial charge in [-0.2, -0.15) is 0 Å². The molecule has 0 saturated carbocycles. The number of methoxy groups -OCH3 is 1. The Morgan fingerprint density at radius 2 is 1.52 bits per heavy atom. The van der Waals surface area contributed by atoms with Gasteiger partial charge < -0.3 is 4.74 Å². The van der Waals surface area contributed by atoms with Gasteiger partial charge in [0.05, 0.1) is 23.8 Å². The summed E-state index contributed by atoms with van der Waals surface area (Å²) in [7, 11) is 1.61. The summed E-state index contributed by atoms with van der Waals surface area (Å²) >= 11 is 0. The smallest absolute Gasteiger partial charge is 0.261 e. The number of aryl methyl sites for hydroxylation is 1.